The van der Waals surface area contributed by atoms with Gasteiger partial charge in [-0.05, 0) is 35.0 Å². The average molecular weight is 394 g/mol. The van der Waals surface area contributed by atoms with Crippen LogP contribution in [0.1, 0.15) is 16.2 Å². The minimum atomic E-state index is -0.0838. The SMILES string of the molecule is Cc1cc(N(C)C)nc(N2CCN(C(=O)c3ccc(Br)o3)CC2)n1. The fraction of sp³-hybridized carbons (Fsp3) is 0.438. The van der Waals surface area contributed by atoms with Crippen LogP contribution in [0.5, 0.6) is 0 Å². The zero-order chi connectivity index (χ0) is 17.3. The van der Waals surface area contributed by atoms with Gasteiger partial charge in [-0.1, -0.05) is 0 Å². The predicted octanol–water partition coefficient (Wildman–Crippen LogP) is 2.17. The maximum Gasteiger partial charge on any atom is 0.289 e. The minimum absolute atomic E-state index is 0.0838. The summed E-state index contributed by atoms with van der Waals surface area (Å²) in [6, 6.07) is 5.37. The topological polar surface area (TPSA) is 65.7 Å². The first-order chi connectivity index (χ1) is 11.4. The molecule has 7 nitrogen and oxygen atoms in total. The number of anilines is 2. The number of hydrogen-bond donors (Lipinski definition) is 0. The van der Waals surface area contributed by atoms with E-state index in [1.807, 2.05) is 32.0 Å². The van der Waals surface area contributed by atoms with Gasteiger partial charge in [0, 0.05) is 52.0 Å². The van der Waals surface area contributed by atoms with Crippen LogP contribution in [0.15, 0.2) is 27.3 Å². The fourth-order valence-electron chi connectivity index (χ4n) is 2.60. The molecular formula is C16H20BrN5O2. The molecule has 0 saturated carbocycles. The van der Waals surface area contributed by atoms with Crippen molar-refractivity contribution in [3.05, 3.63) is 34.3 Å². The molecule has 0 aromatic carbocycles. The van der Waals surface area contributed by atoms with Crippen LogP contribution < -0.4 is 9.80 Å². The Kier molecular flexibility index (Phi) is 4.75. The van der Waals surface area contributed by atoms with Gasteiger partial charge in [0.2, 0.25) is 5.95 Å². The standard InChI is InChI=1S/C16H20BrN5O2/c1-11-10-14(20(2)3)19-16(18-11)22-8-6-21(7-9-22)15(23)12-4-5-13(17)24-12/h4-5,10H,6-9H2,1-3H3. The molecule has 2 aromatic rings. The number of piperazine rings is 1. The summed E-state index contributed by atoms with van der Waals surface area (Å²) in [5, 5.41) is 0. The number of rotatable bonds is 3. The Morgan fingerprint density at radius 2 is 1.92 bits per heavy atom. The van der Waals surface area contributed by atoms with Crippen molar-refractivity contribution in [3.8, 4) is 0 Å². The van der Waals surface area contributed by atoms with Crippen molar-refractivity contribution in [2.45, 2.75) is 6.92 Å². The Bertz CT molecular complexity index is 738. The predicted molar refractivity (Wildman–Crippen MR) is 95.6 cm³/mol. The second-order valence-corrected chi connectivity index (χ2v) is 6.73. The Morgan fingerprint density at radius 1 is 1.21 bits per heavy atom. The van der Waals surface area contributed by atoms with E-state index in [4.69, 9.17) is 4.42 Å². The molecule has 3 rings (SSSR count). The van der Waals surface area contributed by atoms with E-state index in [-0.39, 0.29) is 5.91 Å². The van der Waals surface area contributed by atoms with E-state index in [0.29, 0.717) is 42.6 Å². The first-order valence-corrected chi connectivity index (χ1v) is 8.56. The lowest BCUT2D eigenvalue weighted by Gasteiger charge is -2.34. The number of carbonyl (C=O) groups excluding carboxylic acids is 1. The van der Waals surface area contributed by atoms with Gasteiger partial charge in [-0.2, -0.15) is 4.98 Å². The Morgan fingerprint density at radius 3 is 2.50 bits per heavy atom. The number of furan rings is 1. The first-order valence-electron chi connectivity index (χ1n) is 7.76. The van der Waals surface area contributed by atoms with Gasteiger partial charge < -0.3 is 19.1 Å². The molecule has 1 aliphatic heterocycles. The van der Waals surface area contributed by atoms with E-state index in [2.05, 4.69) is 30.8 Å². The molecule has 1 saturated heterocycles. The lowest BCUT2D eigenvalue weighted by molar-refractivity contribution is 0.0712. The van der Waals surface area contributed by atoms with E-state index in [0.717, 1.165) is 11.5 Å². The van der Waals surface area contributed by atoms with E-state index >= 15 is 0 Å². The zero-order valence-corrected chi connectivity index (χ0v) is 15.6. The summed E-state index contributed by atoms with van der Waals surface area (Å²) in [6.45, 7) is 4.60. The van der Waals surface area contributed by atoms with Gasteiger partial charge in [0.15, 0.2) is 10.4 Å². The zero-order valence-electron chi connectivity index (χ0n) is 14.0. The van der Waals surface area contributed by atoms with Crippen LogP contribution in [-0.4, -0.2) is 61.0 Å². The lowest BCUT2D eigenvalue weighted by Crippen LogP contribution is -2.49. The van der Waals surface area contributed by atoms with Gasteiger partial charge in [0.05, 0.1) is 0 Å². The van der Waals surface area contributed by atoms with E-state index in [9.17, 15) is 4.79 Å². The Hall–Kier alpha value is -2.09. The molecule has 0 spiro atoms. The number of amides is 1. The van der Waals surface area contributed by atoms with Crippen LogP contribution in [0, 0.1) is 6.92 Å². The summed E-state index contributed by atoms with van der Waals surface area (Å²) < 4.78 is 5.91. The van der Waals surface area contributed by atoms with Crippen LogP contribution in [-0.2, 0) is 0 Å². The lowest BCUT2D eigenvalue weighted by atomic mass is 10.3. The van der Waals surface area contributed by atoms with Crippen LogP contribution in [0.2, 0.25) is 0 Å². The van der Waals surface area contributed by atoms with Crippen LogP contribution in [0.3, 0.4) is 0 Å². The van der Waals surface area contributed by atoms with Crippen molar-refractivity contribution in [3.63, 3.8) is 0 Å². The number of nitrogens with zero attached hydrogens (tertiary/aromatic N) is 5. The number of halogens is 1. The molecule has 1 fully saturated rings. The fourth-order valence-corrected chi connectivity index (χ4v) is 2.91. The molecule has 0 atom stereocenters. The van der Waals surface area contributed by atoms with Crippen molar-refractivity contribution in [2.75, 3.05) is 50.1 Å². The molecule has 2 aromatic heterocycles. The summed E-state index contributed by atoms with van der Waals surface area (Å²) in [5.74, 6) is 1.87. The molecule has 128 valence electrons. The third-order valence-electron chi connectivity index (χ3n) is 3.92. The molecule has 24 heavy (non-hydrogen) atoms. The van der Waals surface area contributed by atoms with Crippen LogP contribution in [0.4, 0.5) is 11.8 Å². The highest BCUT2D eigenvalue weighted by molar-refractivity contribution is 9.10. The molecule has 0 bridgehead atoms. The molecule has 0 unspecified atom stereocenters. The maximum atomic E-state index is 12.4. The van der Waals surface area contributed by atoms with Crippen molar-refractivity contribution < 1.29 is 9.21 Å². The summed E-state index contributed by atoms with van der Waals surface area (Å²) in [6.07, 6.45) is 0. The summed E-state index contributed by atoms with van der Waals surface area (Å²) in [7, 11) is 3.92. The quantitative estimate of drug-likeness (QED) is 0.795. The van der Waals surface area contributed by atoms with Gasteiger partial charge in [0.25, 0.3) is 5.91 Å². The van der Waals surface area contributed by atoms with Crippen molar-refractivity contribution >= 4 is 33.6 Å². The number of aryl methyl sites for hydroxylation is 1. The second-order valence-electron chi connectivity index (χ2n) is 5.94. The smallest absolute Gasteiger partial charge is 0.289 e. The summed E-state index contributed by atoms with van der Waals surface area (Å²) >= 11 is 3.22. The molecule has 0 radical (unpaired) electrons. The first kappa shape index (κ1) is 16.8. The molecule has 1 aliphatic rings. The normalized spacial score (nSPS) is 14.8. The minimum Gasteiger partial charge on any atom is -0.444 e. The largest absolute Gasteiger partial charge is 0.444 e. The highest BCUT2D eigenvalue weighted by Gasteiger charge is 2.25. The average Bonchev–Trinajstić information content (AvgIpc) is 3.00. The molecule has 3 heterocycles. The highest BCUT2D eigenvalue weighted by Crippen LogP contribution is 2.19. The molecule has 1 amide bonds. The molecule has 8 heteroatoms. The van der Waals surface area contributed by atoms with E-state index in [1.54, 1.807) is 17.0 Å². The molecule has 0 aliphatic carbocycles. The highest BCUT2D eigenvalue weighted by atomic mass is 79.9. The van der Waals surface area contributed by atoms with Crippen molar-refractivity contribution in [2.24, 2.45) is 0 Å². The number of aromatic nitrogens is 2. The Labute approximate surface area is 149 Å². The van der Waals surface area contributed by atoms with Gasteiger partial charge in [-0.25, -0.2) is 4.98 Å². The number of hydrogen-bond acceptors (Lipinski definition) is 6. The van der Waals surface area contributed by atoms with Crippen molar-refractivity contribution in [1.29, 1.82) is 0 Å². The second kappa shape index (κ2) is 6.80. The van der Waals surface area contributed by atoms with E-state index in [1.165, 1.54) is 0 Å². The van der Waals surface area contributed by atoms with Gasteiger partial charge in [-0.3, -0.25) is 4.79 Å². The van der Waals surface area contributed by atoms with Gasteiger partial charge in [-0.15, -0.1) is 0 Å². The summed E-state index contributed by atoms with van der Waals surface area (Å²) in [4.78, 5) is 27.4. The van der Waals surface area contributed by atoms with Crippen LogP contribution >= 0.6 is 15.9 Å². The van der Waals surface area contributed by atoms with Gasteiger partial charge >= 0.3 is 0 Å². The third-order valence-corrected chi connectivity index (χ3v) is 4.35. The Balaban J connectivity index is 1.68. The van der Waals surface area contributed by atoms with Crippen molar-refractivity contribution in [1.82, 2.24) is 14.9 Å². The van der Waals surface area contributed by atoms with E-state index < -0.39 is 0 Å². The van der Waals surface area contributed by atoms with Gasteiger partial charge in [0.1, 0.15) is 5.82 Å². The molecule has 0 N–H and O–H groups in total. The number of carbonyl (C=O) groups is 1. The summed E-state index contributed by atoms with van der Waals surface area (Å²) in [5.41, 5.74) is 0.933. The molecular weight excluding hydrogens is 374 g/mol. The monoisotopic (exact) mass is 393 g/mol. The maximum absolute atomic E-state index is 12.4. The third kappa shape index (κ3) is 3.53. The van der Waals surface area contributed by atoms with Crippen LogP contribution in [0.25, 0.3) is 0 Å².